The number of hydrogen-bond donors (Lipinski definition) is 2. The van der Waals surface area contributed by atoms with Crippen molar-refractivity contribution in [1.29, 1.82) is 0 Å². The average molecular weight is 353 g/mol. The molecule has 1 aromatic rings. The maximum absolute atomic E-state index is 12.4. The van der Waals surface area contributed by atoms with Crippen LogP contribution in [0, 0.1) is 18.3 Å². The predicted molar refractivity (Wildman–Crippen MR) is 87.0 cm³/mol. The molecule has 1 fully saturated rings. The Morgan fingerprint density at radius 1 is 1.29 bits per heavy atom. The number of benzene rings is 1. The van der Waals surface area contributed by atoms with Crippen molar-refractivity contribution in [2.45, 2.75) is 33.6 Å². The highest BCUT2D eigenvalue weighted by Crippen LogP contribution is 2.47. The van der Waals surface area contributed by atoms with Crippen LogP contribution in [0.3, 0.4) is 0 Å². The van der Waals surface area contributed by atoms with Gasteiger partial charge in [-0.25, -0.2) is 0 Å². The fourth-order valence-electron chi connectivity index (χ4n) is 2.16. The molecule has 1 saturated carbocycles. The lowest BCUT2D eigenvalue weighted by Gasteiger charge is -2.17. The first-order chi connectivity index (χ1) is 9.85. The van der Waals surface area contributed by atoms with Crippen LogP contribution in [0.15, 0.2) is 22.7 Å². The summed E-state index contributed by atoms with van der Waals surface area (Å²) in [5.41, 5.74) is 0.858. The highest BCUT2D eigenvalue weighted by atomic mass is 79.9. The molecule has 0 unspecified atom stereocenters. The summed E-state index contributed by atoms with van der Waals surface area (Å²) in [5, 5.41) is 5.76. The third-order valence-corrected chi connectivity index (χ3v) is 4.22. The van der Waals surface area contributed by atoms with Gasteiger partial charge in [-0.2, -0.15) is 0 Å². The Labute approximate surface area is 133 Å². The van der Waals surface area contributed by atoms with Crippen LogP contribution >= 0.6 is 15.9 Å². The van der Waals surface area contributed by atoms with E-state index in [-0.39, 0.29) is 11.8 Å². The van der Waals surface area contributed by atoms with Gasteiger partial charge in [0.05, 0.1) is 0 Å². The van der Waals surface area contributed by atoms with Crippen molar-refractivity contribution in [3.05, 3.63) is 28.2 Å². The molecule has 2 N–H and O–H groups in total. The van der Waals surface area contributed by atoms with Crippen molar-refractivity contribution >= 4 is 33.4 Å². The molecule has 0 radical (unpaired) electrons. The highest BCUT2D eigenvalue weighted by molar-refractivity contribution is 9.10. The van der Waals surface area contributed by atoms with Gasteiger partial charge in [0.1, 0.15) is 5.41 Å². The van der Waals surface area contributed by atoms with Crippen molar-refractivity contribution in [2.75, 3.05) is 11.9 Å². The fraction of sp³-hybridized carbons (Fsp3) is 0.500. The van der Waals surface area contributed by atoms with Gasteiger partial charge in [0, 0.05) is 16.7 Å². The van der Waals surface area contributed by atoms with Gasteiger partial charge in [-0.1, -0.05) is 29.8 Å². The van der Waals surface area contributed by atoms with Crippen LogP contribution in [-0.4, -0.2) is 18.4 Å². The SMILES string of the molecule is Cc1cc(Br)ccc1NC(=O)C1(C(=O)NCC(C)C)CC1. The zero-order valence-corrected chi connectivity index (χ0v) is 14.2. The van der Waals surface area contributed by atoms with E-state index < -0.39 is 5.41 Å². The zero-order chi connectivity index (χ0) is 15.6. The fourth-order valence-corrected chi connectivity index (χ4v) is 2.63. The molecule has 2 amide bonds. The molecule has 1 aliphatic carbocycles. The summed E-state index contributed by atoms with van der Waals surface area (Å²) >= 11 is 3.39. The number of anilines is 1. The minimum atomic E-state index is -0.867. The standard InChI is InChI=1S/C16H21BrN2O2/c1-10(2)9-18-14(20)16(6-7-16)15(21)19-13-5-4-12(17)8-11(13)3/h4-5,8,10H,6-7,9H2,1-3H3,(H,18,20)(H,19,21). The first-order valence-electron chi connectivity index (χ1n) is 7.21. The van der Waals surface area contributed by atoms with Crippen LogP contribution in [-0.2, 0) is 9.59 Å². The lowest BCUT2D eigenvalue weighted by Crippen LogP contribution is -2.41. The van der Waals surface area contributed by atoms with Crippen LogP contribution in [0.25, 0.3) is 0 Å². The first-order valence-corrected chi connectivity index (χ1v) is 8.00. The molecule has 1 aromatic carbocycles. The van der Waals surface area contributed by atoms with E-state index in [0.29, 0.717) is 25.3 Å². The molecule has 0 aromatic heterocycles. The van der Waals surface area contributed by atoms with E-state index in [0.717, 1.165) is 15.7 Å². The van der Waals surface area contributed by atoms with Crippen molar-refractivity contribution in [2.24, 2.45) is 11.3 Å². The van der Waals surface area contributed by atoms with E-state index in [2.05, 4.69) is 26.6 Å². The van der Waals surface area contributed by atoms with Gasteiger partial charge in [0.2, 0.25) is 11.8 Å². The Balaban J connectivity index is 2.04. The summed E-state index contributed by atoms with van der Waals surface area (Å²) in [5.74, 6) is 0.0270. The lowest BCUT2D eigenvalue weighted by atomic mass is 10.0. The topological polar surface area (TPSA) is 58.2 Å². The Morgan fingerprint density at radius 3 is 2.48 bits per heavy atom. The molecule has 0 atom stereocenters. The second kappa shape index (κ2) is 6.18. The van der Waals surface area contributed by atoms with Gasteiger partial charge < -0.3 is 10.6 Å². The second-order valence-corrected chi connectivity index (χ2v) is 7.02. The van der Waals surface area contributed by atoms with Crippen LogP contribution in [0.5, 0.6) is 0 Å². The van der Waals surface area contributed by atoms with Gasteiger partial charge >= 0.3 is 0 Å². The summed E-state index contributed by atoms with van der Waals surface area (Å²) in [7, 11) is 0. The van der Waals surface area contributed by atoms with E-state index in [1.54, 1.807) is 0 Å². The molecular weight excluding hydrogens is 332 g/mol. The minimum absolute atomic E-state index is 0.150. The highest BCUT2D eigenvalue weighted by Gasteiger charge is 2.56. The van der Waals surface area contributed by atoms with Crippen molar-refractivity contribution in [1.82, 2.24) is 5.32 Å². The van der Waals surface area contributed by atoms with E-state index in [4.69, 9.17) is 0 Å². The van der Waals surface area contributed by atoms with E-state index >= 15 is 0 Å². The van der Waals surface area contributed by atoms with Crippen molar-refractivity contribution in [3.8, 4) is 0 Å². The number of rotatable bonds is 5. The van der Waals surface area contributed by atoms with E-state index in [1.165, 1.54) is 0 Å². The van der Waals surface area contributed by atoms with Crippen LogP contribution in [0.1, 0.15) is 32.3 Å². The maximum atomic E-state index is 12.4. The molecule has 0 heterocycles. The summed E-state index contributed by atoms with van der Waals surface area (Å²) in [6.07, 6.45) is 1.25. The summed E-state index contributed by atoms with van der Waals surface area (Å²) < 4.78 is 0.966. The van der Waals surface area contributed by atoms with Gasteiger partial charge in [-0.3, -0.25) is 9.59 Å². The quantitative estimate of drug-likeness (QED) is 0.799. The minimum Gasteiger partial charge on any atom is -0.355 e. The van der Waals surface area contributed by atoms with E-state index in [9.17, 15) is 9.59 Å². The Morgan fingerprint density at radius 2 is 1.95 bits per heavy atom. The normalized spacial score (nSPS) is 15.7. The summed E-state index contributed by atoms with van der Waals surface area (Å²) in [4.78, 5) is 24.7. The molecule has 114 valence electrons. The number of hydrogen-bond acceptors (Lipinski definition) is 2. The van der Waals surface area contributed by atoms with Gasteiger partial charge in [0.25, 0.3) is 0 Å². The number of carbonyl (C=O) groups excluding carboxylic acids is 2. The van der Waals surface area contributed by atoms with Crippen LogP contribution in [0.4, 0.5) is 5.69 Å². The third kappa shape index (κ3) is 3.64. The predicted octanol–water partition coefficient (Wildman–Crippen LogP) is 3.25. The largest absolute Gasteiger partial charge is 0.355 e. The molecule has 0 saturated heterocycles. The monoisotopic (exact) mass is 352 g/mol. The molecule has 0 aliphatic heterocycles. The van der Waals surface area contributed by atoms with E-state index in [1.807, 2.05) is 39.0 Å². The number of halogens is 1. The number of aryl methyl sites for hydroxylation is 1. The second-order valence-electron chi connectivity index (χ2n) is 6.10. The van der Waals surface area contributed by atoms with Gasteiger partial charge in [0.15, 0.2) is 0 Å². The number of carbonyl (C=O) groups is 2. The smallest absolute Gasteiger partial charge is 0.240 e. The molecule has 5 heteroatoms. The number of amides is 2. The Hall–Kier alpha value is -1.36. The molecule has 2 rings (SSSR count). The first kappa shape index (κ1) is 16.0. The zero-order valence-electron chi connectivity index (χ0n) is 12.6. The molecule has 0 spiro atoms. The lowest BCUT2D eigenvalue weighted by molar-refractivity contribution is -0.134. The third-order valence-electron chi connectivity index (χ3n) is 3.73. The summed E-state index contributed by atoms with van der Waals surface area (Å²) in [6, 6.07) is 5.66. The van der Waals surface area contributed by atoms with Crippen molar-refractivity contribution in [3.63, 3.8) is 0 Å². The molecule has 0 bridgehead atoms. The maximum Gasteiger partial charge on any atom is 0.240 e. The molecule has 21 heavy (non-hydrogen) atoms. The molecule has 1 aliphatic rings. The van der Waals surface area contributed by atoms with Crippen LogP contribution in [0.2, 0.25) is 0 Å². The summed E-state index contributed by atoms with van der Waals surface area (Å²) in [6.45, 7) is 6.60. The Kier molecular flexibility index (Phi) is 4.71. The average Bonchev–Trinajstić information content (AvgIpc) is 3.20. The van der Waals surface area contributed by atoms with Gasteiger partial charge in [-0.15, -0.1) is 0 Å². The Bertz CT molecular complexity index is 565. The van der Waals surface area contributed by atoms with Crippen molar-refractivity contribution < 1.29 is 9.59 Å². The molecule has 4 nitrogen and oxygen atoms in total. The van der Waals surface area contributed by atoms with Gasteiger partial charge in [-0.05, 0) is 49.4 Å². The van der Waals surface area contributed by atoms with Crippen LogP contribution < -0.4 is 10.6 Å². The molecular formula is C16H21BrN2O2. The number of nitrogens with one attached hydrogen (secondary N) is 2.